The van der Waals surface area contributed by atoms with Crippen LogP contribution in [0.1, 0.15) is 106 Å². The van der Waals surface area contributed by atoms with Gasteiger partial charge in [-0.25, -0.2) is 0 Å². The van der Waals surface area contributed by atoms with Crippen LogP contribution in [0, 0.1) is 0 Å². The van der Waals surface area contributed by atoms with Crippen molar-refractivity contribution in [3.8, 4) is 0 Å². The van der Waals surface area contributed by atoms with Gasteiger partial charge in [0.2, 0.25) is 0 Å². The molecular weight excluding hydrogens is 808 g/mol. The molecule has 2 saturated carbocycles. The van der Waals surface area contributed by atoms with E-state index in [1.165, 1.54) is 9.80 Å². The fourth-order valence-corrected chi connectivity index (χ4v) is 11.2. The minimum Gasteiger partial charge on any atom is -0.271 e. The first-order valence-corrected chi connectivity index (χ1v) is 19.4. The van der Waals surface area contributed by atoms with E-state index in [9.17, 15) is 19.2 Å². The van der Waals surface area contributed by atoms with E-state index in [1.807, 2.05) is 0 Å². The van der Waals surface area contributed by atoms with Gasteiger partial charge in [0.25, 0.3) is 23.6 Å². The maximum atomic E-state index is 14.4. The first-order chi connectivity index (χ1) is 23.9. The Labute approximate surface area is 325 Å². The van der Waals surface area contributed by atoms with Crippen LogP contribution in [-0.2, 0) is 0 Å². The lowest BCUT2D eigenvalue weighted by molar-refractivity contribution is 0.0487. The molecule has 2 heterocycles. The minimum absolute atomic E-state index is 0.00220. The summed E-state index contributed by atoms with van der Waals surface area (Å²) in [5, 5.41) is 0.942. The van der Waals surface area contributed by atoms with Crippen LogP contribution < -0.4 is 0 Å². The first kappa shape index (κ1) is 33.8. The molecule has 256 valence electrons. The average Bonchev–Trinajstić information content (AvgIpc) is 3.10. The molecule has 5 aromatic rings. The number of imide groups is 2. The molecule has 2 aliphatic heterocycles. The Morgan fingerprint density at radius 3 is 0.800 bits per heavy atom. The zero-order valence-corrected chi connectivity index (χ0v) is 31.8. The molecule has 4 amide bonds. The third-order valence-corrected chi connectivity index (χ3v) is 14.5. The van der Waals surface area contributed by atoms with Crippen molar-refractivity contribution in [2.75, 3.05) is 0 Å². The van der Waals surface area contributed by atoms with Crippen LogP contribution in [0.3, 0.4) is 0 Å². The average molecular weight is 830 g/mol. The highest BCUT2D eigenvalue weighted by Gasteiger charge is 2.46. The predicted octanol–water partition coefficient (Wildman–Crippen LogP) is 12.8. The quantitative estimate of drug-likeness (QED) is 0.101. The highest BCUT2D eigenvalue weighted by Crippen LogP contribution is 2.59. The van der Waals surface area contributed by atoms with E-state index in [2.05, 4.69) is 0 Å². The normalized spacial score (nSPS) is 19.1. The third kappa shape index (κ3) is 4.14. The summed E-state index contributed by atoms with van der Waals surface area (Å²) in [6, 6.07) is -0.712. The minimum atomic E-state index is -0.597. The molecule has 5 aromatic carbocycles. The fraction of sp³-hybridized carbons (Fsp3) is 0.333. The summed E-state index contributed by atoms with van der Waals surface area (Å²) in [6.45, 7) is 0. The second-order valence-electron chi connectivity index (χ2n) is 13.6. The molecule has 0 radical (unpaired) electrons. The Bertz CT molecular complexity index is 2170. The van der Waals surface area contributed by atoms with Crippen LogP contribution in [-0.4, -0.2) is 45.5 Å². The zero-order chi connectivity index (χ0) is 35.2. The lowest BCUT2D eigenvalue weighted by atomic mass is 9.80. The molecule has 2 aliphatic carbocycles. The standard InChI is InChI=1S/C36H22Cl8N2O4/c37-25-17-13-15-21(29(25)41)33(47)45(11-7-3-1-4-8-11)34(48)22(15)30(42)26(38)18(13)20-14-16-23(31(43)27(39)19(14)17)35(49)46(12-9-5-2-6-10-12)36(50)24(16)32(44)28(20)40/h11-12H,1-10H2. The number of carbonyl (C=O) groups is 4. The van der Waals surface area contributed by atoms with Crippen LogP contribution in [0.15, 0.2) is 0 Å². The monoisotopic (exact) mass is 826 g/mol. The van der Waals surface area contributed by atoms with Crippen molar-refractivity contribution in [3.63, 3.8) is 0 Å². The number of nitrogens with zero attached hydrogens (tertiary/aromatic N) is 2. The highest BCUT2D eigenvalue weighted by molar-refractivity contribution is 6.63. The van der Waals surface area contributed by atoms with E-state index in [0.29, 0.717) is 25.7 Å². The van der Waals surface area contributed by atoms with E-state index in [1.54, 1.807) is 0 Å². The molecule has 0 bridgehead atoms. The Balaban J connectivity index is 1.48. The molecule has 9 rings (SSSR count). The zero-order valence-electron chi connectivity index (χ0n) is 25.8. The Hall–Kier alpha value is -2.00. The summed E-state index contributed by atoms with van der Waals surface area (Å²) in [4.78, 5) is 59.9. The summed E-state index contributed by atoms with van der Waals surface area (Å²) < 4.78 is 0. The molecule has 14 heteroatoms. The SMILES string of the molecule is O=C1c2c(Cl)c(Cl)c3c4c(Cl)c(Cl)c5c6c(c(Cl)c(Cl)c(c7c(Cl)c(Cl)c(c2c37)C(=O)N1C1CCCCC1)c64)C(=O)N(C1CCCCC1)C5=O. The van der Waals surface area contributed by atoms with Crippen molar-refractivity contribution in [1.82, 2.24) is 9.80 Å². The van der Waals surface area contributed by atoms with Gasteiger partial charge in [-0.3, -0.25) is 29.0 Å². The number of hydrogen-bond donors (Lipinski definition) is 0. The first-order valence-electron chi connectivity index (χ1n) is 16.4. The molecule has 0 spiro atoms. The van der Waals surface area contributed by atoms with Gasteiger partial charge in [-0.15, -0.1) is 0 Å². The van der Waals surface area contributed by atoms with Gasteiger partial charge in [0.1, 0.15) is 0 Å². The predicted molar refractivity (Wildman–Crippen MR) is 202 cm³/mol. The van der Waals surface area contributed by atoms with Crippen molar-refractivity contribution in [2.24, 2.45) is 0 Å². The van der Waals surface area contributed by atoms with Gasteiger partial charge in [-0.2, -0.15) is 0 Å². The van der Waals surface area contributed by atoms with Crippen molar-refractivity contribution in [3.05, 3.63) is 62.4 Å². The molecule has 0 saturated heterocycles. The number of benzene rings is 5. The van der Waals surface area contributed by atoms with Crippen LogP contribution >= 0.6 is 92.8 Å². The molecule has 0 N–H and O–H groups in total. The number of amides is 4. The van der Waals surface area contributed by atoms with E-state index < -0.39 is 23.6 Å². The van der Waals surface area contributed by atoms with Crippen LogP contribution in [0.5, 0.6) is 0 Å². The number of halogens is 8. The Kier molecular flexibility index (Phi) is 7.95. The van der Waals surface area contributed by atoms with Gasteiger partial charge in [0.15, 0.2) is 0 Å². The molecule has 6 nitrogen and oxygen atoms in total. The van der Waals surface area contributed by atoms with E-state index in [-0.39, 0.29) is 118 Å². The van der Waals surface area contributed by atoms with Crippen LogP contribution in [0.25, 0.3) is 43.1 Å². The van der Waals surface area contributed by atoms with Crippen LogP contribution in [0.2, 0.25) is 40.2 Å². The molecule has 0 atom stereocenters. The molecule has 0 aromatic heterocycles. The number of rotatable bonds is 2. The summed E-state index contributed by atoms with van der Waals surface area (Å²) in [5.74, 6) is -2.39. The maximum Gasteiger partial charge on any atom is 0.263 e. The number of carbonyl (C=O) groups excluding carboxylic acids is 4. The van der Waals surface area contributed by atoms with E-state index in [0.717, 1.165) is 38.5 Å². The fourth-order valence-electron chi connectivity index (χ4n) is 9.01. The van der Waals surface area contributed by atoms with Gasteiger partial charge in [-0.1, -0.05) is 131 Å². The molecular formula is C36H22Cl8N2O4. The van der Waals surface area contributed by atoms with Crippen LogP contribution in [0.4, 0.5) is 0 Å². The van der Waals surface area contributed by atoms with Crippen molar-refractivity contribution in [1.29, 1.82) is 0 Å². The molecule has 2 fully saturated rings. The number of hydrogen-bond acceptors (Lipinski definition) is 4. The van der Waals surface area contributed by atoms with Crippen molar-refractivity contribution >= 4 is 160 Å². The summed E-state index contributed by atoms with van der Waals surface area (Å²) >= 11 is 56.8. The lowest BCUT2D eigenvalue weighted by Gasteiger charge is -2.38. The van der Waals surface area contributed by atoms with Gasteiger partial charge in [0.05, 0.1) is 62.4 Å². The maximum absolute atomic E-state index is 14.4. The molecule has 4 aliphatic rings. The second-order valence-corrected chi connectivity index (χ2v) is 16.6. The summed E-state index contributed by atoms with van der Waals surface area (Å²) in [7, 11) is 0. The van der Waals surface area contributed by atoms with Crippen molar-refractivity contribution in [2.45, 2.75) is 76.3 Å². The number of fused-ring (bicyclic) bond motifs is 2. The Morgan fingerprint density at radius 1 is 0.320 bits per heavy atom. The van der Waals surface area contributed by atoms with E-state index in [4.69, 9.17) is 92.8 Å². The third-order valence-electron chi connectivity index (χ3n) is 11.1. The lowest BCUT2D eigenvalue weighted by Crippen LogP contribution is -2.48. The van der Waals surface area contributed by atoms with E-state index >= 15 is 0 Å². The topological polar surface area (TPSA) is 74.8 Å². The largest absolute Gasteiger partial charge is 0.271 e. The van der Waals surface area contributed by atoms with Gasteiger partial charge in [-0.05, 0) is 25.7 Å². The van der Waals surface area contributed by atoms with Gasteiger partial charge in [0, 0.05) is 55.2 Å². The summed E-state index contributed by atoms with van der Waals surface area (Å²) in [5.41, 5.74) is 0.00880. The molecule has 0 unspecified atom stereocenters. The Morgan fingerprint density at radius 2 is 0.560 bits per heavy atom. The van der Waals surface area contributed by atoms with Crippen molar-refractivity contribution < 1.29 is 19.2 Å². The molecule has 50 heavy (non-hydrogen) atoms. The second kappa shape index (κ2) is 11.8. The van der Waals surface area contributed by atoms with Gasteiger partial charge < -0.3 is 0 Å². The van der Waals surface area contributed by atoms with Gasteiger partial charge >= 0.3 is 0 Å². The highest BCUT2D eigenvalue weighted by atomic mass is 35.5. The summed E-state index contributed by atoms with van der Waals surface area (Å²) in [6.07, 6.45) is 8.00. The smallest absolute Gasteiger partial charge is 0.263 e.